The Morgan fingerprint density at radius 1 is 1.22 bits per heavy atom. The first-order valence-electron chi connectivity index (χ1n) is 8.45. The van der Waals surface area contributed by atoms with Gasteiger partial charge in [-0.2, -0.15) is 5.26 Å². The summed E-state index contributed by atoms with van der Waals surface area (Å²) < 4.78 is 30.5. The summed E-state index contributed by atoms with van der Waals surface area (Å²) in [4.78, 5) is 23.5. The second-order valence-electron chi connectivity index (χ2n) is 6.19. The summed E-state index contributed by atoms with van der Waals surface area (Å²) in [5.74, 6) is -1.47. The molecule has 1 aromatic carbocycles. The molecule has 2 N–H and O–H groups in total. The van der Waals surface area contributed by atoms with Crippen LogP contribution in [0.4, 0.5) is 0 Å². The molecule has 27 heavy (non-hydrogen) atoms. The van der Waals surface area contributed by atoms with E-state index in [0.717, 1.165) is 18.2 Å². The van der Waals surface area contributed by atoms with Gasteiger partial charge in [-0.15, -0.1) is 0 Å². The minimum atomic E-state index is -3.82. The van der Waals surface area contributed by atoms with Crippen molar-refractivity contribution in [2.24, 2.45) is 0 Å². The van der Waals surface area contributed by atoms with Crippen molar-refractivity contribution in [1.29, 1.82) is 5.26 Å². The highest BCUT2D eigenvalue weighted by Gasteiger charge is 2.35. The molecule has 1 amide bonds. The van der Waals surface area contributed by atoms with Gasteiger partial charge in [0, 0.05) is 5.41 Å². The molecule has 0 saturated heterocycles. The molecule has 0 spiro atoms. The summed E-state index contributed by atoms with van der Waals surface area (Å²) in [5, 5.41) is 12.7. The van der Waals surface area contributed by atoms with Crippen LogP contribution in [0.2, 0.25) is 0 Å². The van der Waals surface area contributed by atoms with Crippen molar-refractivity contribution in [2.45, 2.75) is 31.2 Å². The first-order chi connectivity index (χ1) is 12.8. The zero-order valence-corrected chi connectivity index (χ0v) is 15.5. The molecule has 0 radical (unpaired) electrons. The Hall–Kier alpha value is -2.70. The number of hydrogen-bond acceptors (Lipinski definition) is 6. The van der Waals surface area contributed by atoms with Crippen molar-refractivity contribution in [1.82, 2.24) is 10.0 Å². The van der Waals surface area contributed by atoms with E-state index < -0.39 is 40.6 Å². The number of sulfonamides is 1. The van der Waals surface area contributed by atoms with Gasteiger partial charge in [-0.1, -0.05) is 30.3 Å². The molecular formula is C18H21N3O5S. The topological polar surface area (TPSA) is 125 Å². The summed E-state index contributed by atoms with van der Waals surface area (Å²) in [5.41, 5.74) is -0.201. The highest BCUT2D eigenvalue weighted by molar-refractivity contribution is 7.92. The third kappa shape index (κ3) is 6.84. The van der Waals surface area contributed by atoms with Gasteiger partial charge >= 0.3 is 5.97 Å². The number of carbonyl (C=O) groups is 2. The van der Waals surface area contributed by atoms with Crippen molar-refractivity contribution < 1.29 is 22.7 Å². The van der Waals surface area contributed by atoms with E-state index in [1.54, 1.807) is 30.3 Å². The molecule has 1 aromatic rings. The smallest absolute Gasteiger partial charge is 0.321 e. The van der Waals surface area contributed by atoms with Crippen molar-refractivity contribution in [3.05, 3.63) is 41.3 Å². The molecule has 1 aliphatic carbocycles. The lowest BCUT2D eigenvalue weighted by Crippen LogP contribution is -2.47. The summed E-state index contributed by atoms with van der Waals surface area (Å²) >= 11 is 0. The lowest BCUT2D eigenvalue weighted by Gasteiger charge is -2.21. The van der Waals surface area contributed by atoms with Crippen LogP contribution in [-0.4, -0.2) is 39.0 Å². The number of benzene rings is 1. The maximum atomic E-state index is 11.8. The van der Waals surface area contributed by atoms with Crippen LogP contribution in [0, 0.1) is 11.3 Å². The van der Waals surface area contributed by atoms with Gasteiger partial charge in [0.15, 0.2) is 6.61 Å². The fourth-order valence-corrected chi connectivity index (χ4v) is 3.43. The first-order valence-corrected chi connectivity index (χ1v) is 9.99. The fraction of sp³-hybridized carbons (Fsp3) is 0.389. The molecular weight excluding hydrogens is 370 g/mol. The molecule has 0 aliphatic heterocycles. The monoisotopic (exact) mass is 391 g/mol. The molecule has 0 unspecified atom stereocenters. The van der Waals surface area contributed by atoms with Crippen LogP contribution in [0.5, 0.6) is 0 Å². The van der Waals surface area contributed by atoms with Gasteiger partial charge in [-0.25, -0.2) is 13.1 Å². The highest BCUT2D eigenvalue weighted by atomic mass is 32.2. The van der Waals surface area contributed by atoms with E-state index in [9.17, 15) is 23.3 Å². The molecule has 9 heteroatoms. The van der Waals surface area contributed by atoms with Crippen LogP contribution in [0.15, 0.2) is 35.7 Å². The zero-order valence-electron chi connectivity index (χ0n) is 14.7. The molecule has 0 aromatic heterocycles. The standard InChI is InChI=1S/C18H21N3O5S/c19-14-18(9-4-5-10-18)21-16(22)13-26-17(23)12-20-27(24,25)11-8-15-6-2-1-3-7-15/h1-3,6-8,11,20H,4-5,9-10,12-13H2,(H,21,22)/b11-8+. The van der Waals surface area contributed by atoms with Crippen molar-refractivity contribution in [2.75, 3.05) is 13.2 Å². The molecule has 1 saturated carbocycles. The van der Waals surface area contributed by atoms with Crippen LogP contribution in [0.1, 0.15) is 31.2 Å². The van der Waals surface area contributed by atoms with Crippen molar-refractivity contribution in [3.63, 3.8) is 0 Å². The molecule has 1 aliphatic rings. The quantitative estimate of drug-likeness (QED) is 0.639. The number of carbonyl (C=O) groups excluding carboxylic acids is 2. The summed E-state index contributed by atoms with van der Waals surface area (Å²) in [7, 11) is -3.82. The third-order valence-electron chi connectivity index (χ3n) is 4.07. The Bertz CT molecular complexity index is 837. The number of rotatable bonds is 8. The van der Waals surface area contributed by atoms with Crippen molar-refractivity contribution in [3.8, 4) is 6.07 Å². The molecule has 0 heterocycles. The third-order valence-corrected chi connectivity index (χ3v) is 5.11. The Balaban J connectivity index is 1.74. The Morgan fingerprint density at radius 2 is 1.89 bits per heavy atom. The van der Waals surface area contributed by atoms with Gasteiger partial charge < -0.3 is 10.1 Å². The van der Waals surface area contributed by atoms with E-state index in [1.165, 1.54) is 6.08 Å². The second kappa shape index (κ2) is 9.30. The van der Waals surface area contributed by atoms with Gasteiger partial charge in [0.2, 0.25) is 10.0 Å². The van der Waals surface area contributed by atoms with Crippen molar-refractivity contribution >= 4 is 28.0 Å². The van der Waals surface area contributed by atoms with Gasteiger partial charge in [0.05, 0.1) is 6.07 Å². The average molecular weight is 391 g/mol. The number of hydrogen-bond donors (Lipinski definition) is 2. The molecule has 0 bridgehead atoms. The van der Waals surface area contributed by atoms with Crippen LogP contribution in [0.25, 0.3) is 6.08 Å². The number of nitrogens with zero attached hydrogens (tertiary/aromatic N) is 1. The number of esters is 1. The van der Waals surface area contributed by atoms with Crippen LogP contribution in [0.3, 0.4) is 0 Å². The van der Waals surface area contributed by atoms with E-state index in [-0.39, 0.29) is 0 Å². The maximum absolute atomic E-state index is 11.8. The molecule has 144 valence electrons. The average Bonchev–Trinajstić information content (AvgIpc) is 3.13. The SMILES string of the molecule is N#CC1(NC(=O)COC(=O)CNS(=O)(=O)/C=C/c2ccccc2)CCCC1. The molecule has 2 rings (SSSR count). The number of nitrogens with one attached hydrogen (secondary N) is 2. The predicted octanol–water partition coefficient (Wildman–Crippen LogP) is 1.07. The summed E-state index contributed by atoms with van der Waals surface area (Å²) in [6, 6.07) is 10.9. The number of ether oxygens (including phenoxy) is 1. The molecule has 8 nitrogen and oxygen atoms in total. The maximum Gasteiger partial charge on any atom is 0.321 e. The number of amides is 1. The zero-order chi connectivity index (χ0) is 19.8. The second-order valence-corrected chi connectivity index (χ2v) is 7.84. The summed E-state index contributed by atoms with van der Waals surface area (Å²) in [6.45, 7) is -1.16. The lowest BCUT2D eigenvalue weighted by molar-refractivity contribution is -0.147. The van der Waals surface area contributed by atoms with Gasteiger partial charge in [-0.3, -0.25) is 9.59 Å². The molecule has 1 fully saturated rings. The van der Waals surface area contributed by atoms with Gasteiger partial charge in [0.1, 0.15) is 12.1 Å². The van der Waals surface area contributed by atoms with Crippen LogP contribution in [-0.2, 0) is 24.3 Å². The summed E-state index contributed by atoms with van der Waals surface area (Å²) in [6.07, 6.45) is 4.23. The van der Waals surface area contributed by atoms with E-state index in [4.69, 9.17) is 4.74 Å². The molecule has 0 atom stereocenters. The Kier molecular flexibility index (Phi) is 7.10. The fourth-order valence-electron chi connectivity index (χ4n) is 2.68. The Morgan fingerprint density at radius 3 is 2.52 bits per heavy atom. The van der Waals surface area contributed by atoms with E-state index in [1.807, 2.05) is 0 Å². The van der Waals surface area contributed by atoms with Crippen LogP contribution >= 0.6 is 0 Å². The Labute approximate surface area is 158 Å². The predicted molar refractivity (Wildman–Crippen MR) is 98.3 cm³/mol. The normalized spacial score (nSPS) is 16.0. The van der Waals surface area contributed by atoms with E-state index in [2.05, 4.69) is 16.1 Å². The van der Waals surface area contributed by atoms with Crippen LogP contribution < -0.4 is 10.0 Å². The minimum Gasteiger partial charge on any atom is -0.455 e. The lowest BCUT2D eigenvalue weighted by atomic mass is 10.00. The van der Waals surface area contributed by atoms with E-state index >= 15 is 0 Å². The number of nitriles is 1. The largest absolute Gasteiger partial charge is 0.455 e. The van der Waals surface area contributed by atoms with Gasteiger partial charge in [-0.05, 0) is 37.3 Å². The van der Waals surface area contributed by atoms with Gasteiger partial charge in [0.25, 0.3) is 5.91 Å². The first kappa shape index (κ1) is 20.6. The van der Waals surface area contributed by atoms with E-state index in [0.29, 0.717) is 18.4 Å². The minimum absolute atomic E-state index is 0.566. The highest BCUT2D eigenvalue weighted by Crippen LogP contribution is 2.28.